The Morgan fingerprint density at radius 3 is 2.64 bits per heavy atom. The van der Waals surface area contributed by atoms with Crippen molar-refractivity contribution in [1.82, 2.24) is 10.3 Å². The van der Waals surface area contributed by atoms with Crippen molar-refractivity contribution >= 4 is 0 Å². The first kappa shape index (κ1) is 14.9. The van der Waals surface area contributed by atoms with Crippen molar-refractivity contribution in [2.75, 3.05) is 7.11 Å². The van der Waals surface area contributed by atoms with E-state index in [2.05, 4.69) is 16.4 Å². The topological polar surface area (TPSA) is 43.4 Å². The maximum atomic E-state index is 5.97. The Kier molecular flexibility index (Phi) is 4.91. The van der Waals surface area contributed by atoms with Crippen LogP contribution in [0, 0.1) is 0 Å². The predicted molar refractivity (Wildman–Crippen MR) is 86.4 cm³/mol. The number of pyridine rings is 1. The van der Waals surface area contributed by atoms with Gasteiger partial charge in [-0.1, -0.05) is 31.0 Å². The van der Waals surface area contributed by atoms with Crippen molar-refractivity contribution in [2.45, 2.75) is 38.3 Å². The first-order chi connectivity index (χ1) is 10.9. The molecule has 0 amide bonds. The molecule has 1 aromatic heterocycles. The smallest absolute Gasteiger partial charge is 0.223 e. The van der Waals surface area contributed by atoms with Gasteiger partial charge in [0.05, 0.1) is 7.11 Å². The summed E-state index contributed by atoms with van der Waals surface area (Å²) in [4.78, 5) is 4.38. The maximum absolute atomic E-state index is 5.97. The third kappa shape index (κ3) is 3.57. The lowest BCUT2D eigenvalue weighted by Crippen LogP contribution is -2.25. The minimum Gasteiger partial charge on any atom is -0.493 e. The zero-order valence-corrected chi connectivity index (χ0v) is 12.9. The van der Waals surface area contributed by atoms with Gasteiger partial charge in [0.2, 0.25) is 5.88 Å². The van der Waals surface area contributed by atoms with Gasteiger partial charge in [0, 0.05) is 24.3 Å². The third-order valence-electron chi connectivity index (χ3n) is 4.06. The second kappa shape index (κ2) is 7.27. The Hall–Kier alpha value is -2.07. The van der Waals surface area contributed by atoms with Gasteiger partial charge in [-0.15, -0.1) is 0 Å². The number of nitrogens with one attached hydrogen (secondary N) is 1. The molecule has 0 radical (unpaired) electrons. The number of aromatic nitrogens is 1. The molecule has 1 saturated carbocycles. The van der Waals surface area contributed by atoms with Gasteiger partial charge in [0.25, 0.3) is 0 Å². The second-order valence-corrected chi connectivity index (χ2v) is 5.58. The Bertz CT molecular complexity index is 610. The molecule has 1 N–H and O–H groups in total. The van der Waals surface area contributed by atoms with Crippen LogP contribution in [-0.2, 0) is 6.54 Å². The molecule has 1 aliphatic rings. The second-order valence-electron chi connectivity index (χ2n) is 5.58. The molecule has 1 fully saturated rings. The van der Waals surface area contributed by atoms with Gasteiger partial charge in [0.15, 0.2) is 11.5 Å². The predicted octanol–water partition coefficient (Wildman–Crippen LogP) is 3.91. The lowest BCUT2D eigenvalue weighted by Gasteiger charge is -2.15. The maximum Gasteiger partial charge on any atom is 0.223 e. The molecule has 4 nitrogen and oxygen atoms in total. The van der Waals surface area contributed by atoms with Crippen LogP contribution in [0.4, 0.5) is 0 Å². The number of methoxy groups -OCH3 is 1. The Morgan fingerprint density at radius 1 is 1.09 bits per heavy atom. The molecule has 1 heterocycles. The fourth-order valence-corrected chi connectivity index (χ4v) is 2.84. The lowest BCUT2D eigenvalue weighted by atomic mass is 10.2. The van der Waals surface area contributed by atoms with Crippen LogP contribution in [0.15, 0.2) is 42.6 Å². The van der Waals surface area contributed by atoms with Crippen LogP contribution in [0.3, 0.4) is 0 Å². The van der Waals surface area contributed by atoms with Gasteiger partial charge in [-0.25, -0.2) is 4.98 Å². The number of rotatable bonds is 6. The van der Waals surface area contributed by atoms with Gasteiger partial charge in [-0.3, -0.25) is 0 Å². The minimum absolute atomic E-state index is 0.624. The van der Waals surface area contributed by atoms with Crippen LogP contribution in [0.2, 0.25) is 0 Å². The molecule has 0 saturated heterocycles. The molecule has 1 aliphatic carbocycles. The van der Waals surface area contributed by atoms with Gasteiger partial charge in [0.1, 0.15) is 0 Å². The monoisotopic (exact) mass is 298 g/mol. The van der Waals surface area contributed by atoms with Gasteiger partial charge >= 0.3 is 0 Å². The van der Waals surface area contributed by atoms with E-state index in [1.807, 2.05) is 30.3 Å². The zero-order valence-electron chi connectivity index (χ0n) is 12.9. The van der Waals surface area contributed by atoms with Gasteiger partial charge in [-0.2, -0.15) is 0 Å². The summed E-state index contributed by atoms with van der Waals surface area (Å²) in [5, 5.41) is 3.60. The highest BCUT2D eigenvalue weighted by Crippen LogP contribution is 2.31. The molecule has 2 aromatic rings. The van der Waals surface area contributed by atoms with E-state index in [9.17, 15) is 0 Å². The number of para-hydroxylation sites is 2. The largest absolute Gasteiger partial charge is 0.493 e. The van der Waals surface area contributed by atoms with E-state index < -0.39 is 0 Å². The summed E-state index contributed by atoms with van der Waals surface area (Å²) in [6.07, 6.45) is 6.94. The molecule has 0 aliphatic heterocycles. The Balaban J connectivity index is 1.72. The first-order valence-corrected chi connectivity index (χ1v) is 7.85. The van der Waals surface area contributed by atoms with Crippen molar-refractivity contribution in [3.63, 3.8) is 0 Å². The summed E-state index contributed by atoms with van der Waals surface area (Å²) in [5.41, 5.74) is 1.07. The molecule has 0 bridgehead atoms. The van der Waals surface area contributed by atoms with E-state index in [0.29, 0.717) is 23.4 Å². The highest BCUT2D eigenvalue weighted by atomic mass is 16.5. The van der Waals surface area contributed by atoms with Crippen LogP contribution < -0.4 is 14.8 Å². The molecule has 1 aromatic carbocycles. The van der Waals surface area contributed by atoms with Crippen molar-refractivity contribution < 1.29 is 9.47 Å². The van der Waals surface area contributed by atoms with E-state index in [0.717, 1.165) is 12.1 Å². The number of nitrogens with zero attached hydrogens (tertiary/aromatic N) is 1. The molecular weight excluding hydrogens is 276 g/mol. The highest BCUT2D eigenvalue weighted by Gasteiger charge is 2.15. The van der Waals surface area contributed by atoms with Crippen LogP contribution in [0.5, 0.6) is 17.4 Å². The van der Waals surface area contributed by atoms with Crippen molar-refractivity contribution in [1.29, 1.82) is 0 Å². The molecule has 0 unspecified atom stereocenters. The van der Waals surface area contributed by atoms with E-state index in [1.54, 1.807) is 13.3 Å². The molecule has 0 atom stereocenters. The number of hydrogen-bond donors (Lipinski definition) is 1. The van der Waals surface area contributed by atoms with Crippen LogP contribution >= 0.6 is 0 Å². The minimum atomic E-state index is 0.624. The number of ether oxygens (including phenoxy) is 2. The summed E-state index contributed by atoms with van der Waals surface area (Å²) in [6, 6.07) is 12.3. The summed E-state index contributed by atoms with van der Waals surface area (Å²) in [6.45, 7) is 0.781. The molecule has 116 valence electrons. The van der Waals surface area contributed by atoms with Gasteiger partial charge < -0.3 is 14.8 Å². The normalized spacial score (nSPS) is 15.0. The quantitative estimate of drug-likeness (QED) is 0.878. The number of hydrogen-bond acceptors (Lipinski definition) is 4. The molecular formula is C18H22N2O2. The molecule has 3 rings (SSSR count). The fraction of sp³-hybridized carbons (Fsp3) is 0.389. The summed E-state index contributed by atoms with van der Waals surface area (Å²) < 4.78 is 11.3. The standard InChI is InChI=1S/C18H22N2O2/c1-21-16-10-4-5-11-17(16)22-18-14(7-6-12-19-18)13-20-15-8-2-3-9-15/h4-7,10-12,15,20H,2-3,8-9,13H2,1H3. The van der Waals surface area contributed by atoms with E-state index in [1.165, 1.54) is 25.7 Å². The van der Waals surface area contributed by atoms with Crippen molar-refractivity contribution in [2.24, 2.45) is 0 Å². The van der Waals surface area contributed by atoms with E-state index in [4.69, 9.17) is 9.47 Å². The Labute approximate surface area is 131 Å². The Morgan fingerprint density at radius 2 is 1.86 bits per heavy atom. The third-order valence-corrected chi connectivity index (χ3v) is 4.06. The van der Waals surface area contributed by atoms with E-state index in [-0.39, 0.29) is 0 Å². The average Bonchev–Trinajstić information content (AvgIpc) is 3.08. The summed E-state index contributed by atoms with van der Waals surface area (Å²) >= 11 is 0. The van der Waals surface area contributed by atoms with Crippen molar-refractivity contribution in [3.8, 4) is 17.4 Å². The molecule has 4 heteroatoms. The van der Waals surface area contributed by atoms with Crippen molar-refractivity contribution in [3.05, 3.63) is 48.2 Å². The van der Waals surface area contributed by atoms with Gasteiger partial charge in [-0.05, 0) is 31.0 Å². The SMILES string of the molecule is COc1ccccc1Oc1ncccc1CNC1CCCC1. The van der Waals surface area contributed by atoms with Crippen LogP contribution in [0.1, 0.15) is 31.2 Å². The fourth-order valence-electron chi connectivity index (χ4n) is 2.84. The molecule has 22 heavy (non-hydrogen) atoms. The van der Waals surface area contributed by atoms with E-state index >= 15 is 0 Å². The van der Waals surface area contributed by atoms with Crippen LogP contribution in [0.25, 0.3) is 0 Å². The summed E-state index contributed by atoms with van der Waals surface area (Å²) in [5.74, 6) is 2.03. The summed E-state index contributed by atoms with van der Waals surface area (Å²) in [7, 11) is 1.64. The zero-order chi connectivity index (χ0) is 15.2. The lowest BCUT2D eigenvalue weighted by molar-refractivity contribution is 0.371. The number of benzene rings is 1. The highest BCUT2D eigenvalue weighted by molar-refractivity contribution is 5.42. The van der Waals surface area contributed by atoms with Crippen LogP contribution in [-0.4, -0.2) is 18.1 Å². The molecule has 0 spiro atoms. The first-order valence-electron chi connectivity index (χ1n) is 7.85. The average molecular weight is 298 g/mol.